The average molecular weight is 458 g/mol. The molecule has 2 aromatic rings. The molecule has 0 aliphatic carbocycles. The summed E-state index contributed by atoms with van der Waals surface area (Å²) in [7, 11) is 0. The Kier molecular flexibility index (Phi) is 6.23. The van der Waals surface area contributed by atoms with Crippen molar-refractivity contribution < 1.29 is 14.0 Å². The molecule has 0 aliphatic rings. The molecule has 0 spiro atoms. The van der Waals surface area contributed by atoms with E-state index in [-0.39, 0.29) is 23.6 Å². The molecular weight excluding hydrogens is 440 g/mol. The molecule has 2 amide bonds. The molecule has 0 fully saturated rings. The van der Waals surface area contributed by atoms with E-state index in [9.17, 15) is 9.59 Å². The SMILES string of the molecule is CC(C)(CNC(=O)CNC(=O)c1ccc(Br)o1)c1ccc(Br)cc1. The lowest BCUT2D eigenvalue weighted by Gasteiger charge is -2.25. The maximum atomic E-state index is 11.9. The summed E-state index contributed by atoms with van der Waals surface area (Å²) in [4.78, 5) is 23.7. The third kappa shape index (κ3) is 5.21. The van der Waals surface area contributed by atoms with E-state index in [4.69, 9.17) is 4.42 Å². The first kappa shape index (κ1) is 18.7. The summed E-state index contributed by atoms with van der Waals surface area (Å²) in [5.74, 6) is -0.521. The van der Waals surface area contributed by atoms with Crippen molar-refractivity contribution in [1.29, 1.82) is 0 Å². The van der Waals surface area contributed by atoms with Crippen molar-refractivity contribution in [2.45, 2.75) is 19.3 Å². The van der Waals surface area contributed by atoms with Gasteiger partial charge in [0.05, 0.1) is 6.54 Å². The summed E-state index contributed by atoms with van der Waals surface area (Å²) < 4.78 is 6.61. The smallest absolute Gasteiger partial charge is 0.287 e. The molecule has 0 saturated carbocycles. The van der Waals surface area contributed by atoms with E-state index in [1.54, 1.807) is 6.07 Å². The Morgan fingerprint density at radius 2 is 1.71 bits per heavy atom. The van der Waals surface area contributed by atoms with E-state index >= 15 is 0 Å². The molecule has 0 radical (unpaired) electrons. The maximum Gasteiger partial charge on any atom is 0.287 e. The first-order valence-electron chi connectivity index (χ1n) is 7.34. The highest BCUT2D eigenvalue weighted by Gasteiger charge is 2.21. The molecular formula is C17H18Br2N2O3. The standard InChI is InChI=1S/C17H18Br2N2O3/c1-17(2,11-3-5-12(18)6-4-11)10-21-15(22)9-20-16(23)13-7-8-14(19)24-13/h3-8H,9-10H2,1-2H3,(H,20,23)(H,21,22). The van der Waals surface area contributed by atoms with Crippen LogP contribution in [0.2, 0.25) is 0 Å². The van der Waals surface area contributed by atoms with Gasteiger partial charge in [0.1, 0.15) is 0 Å². The zero-order chi connectivity index (χ0) is 17.7. The van der Waals surface area contributed by atoms with Crippen LogP contribution in [0, 0.1) is 0 Å². The van der Waals surface area contributed by atoms with Crippen LogP contribution in [0.1, 0.15) is 30.0 Å². The minimum atomic E-state index is -0.428. The molecule has 1 aromatic heterocycles. The van der Waals surface area contributed by atoms with E-state index in [0.29, 0.717) is 11.2 Å². The van der Waals surface area contributed by atoms with Crippen molar-refractivity contribution in [3.8, 4) is 0 Å². The number of hydrogen-bond donors (Lipinski definition) is 2. The number of rotatable bonds is 6. The molecule has 7 heteroatoms. The predicted octanol–water partition coefficient (Wildman–Crippen LogP) is 3.63. The van der Waals surface area contributed by atoms with Crippen molar-refractivity contribution in [3.63, 3.8) is 0 Å². The van der Waals surface area contributed by atoms with Crippen molar-refractivity contribution in [2.75, 3.05) is 13.1 Å². The van der Waals surface area contributed by atoms with Gasteiger partial charge in [-0.15, -0.1) is 0 Å². The number of benzene rings is 1. The highest BCUT2D eigenvalue weighted by atomic mass is 79.9. The Hall–Kier alpha value is -1.60. The summed E-state index contributed by atoms with van der Waals surface area (Å²) >= 11 is 6.53. The van der Waals surface area contributed by atoms with Crippen molar-refractivity contribution in [3.05, 3.63) is 56.9 Å². The molecule has 0 atom stereocenters. The Morgan fingerprint density at radius 3 is 2.29 bits per heavy atom. The van der Waals surface area contributed by atoms with Crippen LogP contribution < -0.4 is 10.6 Å². The molecule has 0 bridgehead atoms. The van der Waals surface area contributed by atoms with Crippen molar-refractivity contribution >= 4 is 43.7 Å². The van der Waals surface area contributed by atoms with Gasteiger partial charge in [-0.2, -0.15) is 0 Å². The lowest BCUT2D eigenvalue weighted by Crippen LogP contribution is -2.42. The molecule has 24 heavy (non-hydrogen) atoms. The second kappa shape index (κ2) is 7.98. The number of hydrogen-bond acceptors (Lipinski definition) is 3. The van der Waals surface area contributed by atoms with Gasteiger partial charge < -0.3 is 15.1 Å². The van der Waals surface area contributed by atoms with Gasteiger partial charge in [0.25, 0.3) is 5.91 Å². The van der Waals surface area contributed by atoms with Crippen LogP contribution >= 0.6 is 31.9 Å². The van der Waals surface area contributed by atoms with E-state index in [1.807, 2.05) is 24.3 Å². The third-order valence-electron chi connectivity index (χ3n) is 3.56. The minimum Gasteiger partial charge on any atom is -0.444 e. The van der Waals surface area contributed by atoms with Crippen LogP contribution in [0.5, 0.6) is 0 Å². The lowest BCUT2D eigenvalue weighted by molar-refractivity contribution is -0.120. The highest BCUT2D eigenvalue weighted by molar-refractivity contribution is 9.10. The summed E-state index contributed by atoms with van der Waals surface area (Å²) in [6.45, 7) is 4.47. The van der Waals surface area contributed by atoms with E-state index in [0.717, 1.165) is 10.0 Å². The maximum absolute atomic E-state index is 11.9. The van der Waals surface area contributed by atoms with Crippen LogP contribution in [0.3, 0.4) is 0 Å². The fourth-order valence-corrected chi connectivity index (χ4v) is 2.64. The third-order valence-corrected chi connectivity index (χ3v) is 4.51. The first-order chi connectivity index (χ1) is 11.3. The van der Waals surface area contributed by atoms with Gasteiger partial charge in [-0.05, 0) is 45.8 Å². The predicted molar refractivity (Wildman–Crippen MR) is 98.9 cm³/mol. The Labute approximate surface area is 157 Å². The molecule has 0 unspecified atom stereocenters. The number of carbonyl (C=O) groups excluding carboxylic acids is 2. The lowest BCUT2D eigenvalue weighted by atomic mass is 9.84. The second-order valence-corrected chi connectivity index (χ2v) is 7.65. The van der Waals surface area contributed by atoms with Gasteiger partial charge in [0, 0.05) is 16.4 Å². The summed E-state index contributed by atoms with van der Waals surface area (Å²) in [5, 5.41) is 5.37. The number of amides is 2. The molecule has 5 nitrogen and oxygen atoms in total. The second-order valence-electron chi connectivity index (χ2n) is 5.95. The average Bonchev–Trinajstić information content (AvgIpc) is 2.98. The molecule has 2 rings (SSSR count). The monoisotopic (exact) mass is 456 g/mol. The van der Waals surface area contributed by atoms with Gasteiger partial charge in [-0.1, -0.05) is 41.9 Å². The topological polar surface area (TPSA) is 71.3 Å². The number of carbonyl (C=O) groups is 2. The molecule has 1 heterocycles. The zero-order valence-electron chi connectivity index (χ0n) is 13.4. The molecule has 2 N–H and O–H groups in total. The van der Waals surface area contributed by atoms with E-state index < -0.39 is 5.91 Å². The Balaban J connectivity index is 1.82. The molecule has 1 aromatic carbocycles. The van der Waals surface area contributed by atoms with Crippen LogP contribution in [-0.2, 0) is 10.2 Å². The van der Waals surface area contributed by atoms with Gasteiger partial charge in [-0.25, -0.2) is 0 Å². The summed E-state index contributed by atoms with van der Waals surface area (Å²) in [6, 6.07) is 11.1. The largest absolute Gasteiger partial charge is 0.444 e. The molecule has 0 aliphatic heterocycles. The van der Waals surface area contributed by atoms with Gasteiger partial charge >= 0.3 is 0 Å². The minimum absolute atomic E-state index is 0.104. The number of nitrogens with one attached hydrogen (secondary N) is 2. The van der Waals surface area contributed by atoms with Crippen LogP contribution in [0.4, 0.5) is 0 Å². The van der Waals surface area contributed by atoms with Crippen LogP contribution in [0.15, 0.2) is 50.0 Å². The highest BCUT2D eigenvalue weighted by Crippen LogP contribution is 2.23. The van der Waals surface area contributed by atoms with E-state index in [2.05, 4.69) is 56.3 Å². The number of furan rings is 1. The molecule has 0 saturated heterocycles. The Morgan fingerprint density at radius 1 is 1.04 bits per heavy atom. The van der Waals surface area contributed by atoms with Crippen molar-refractivity contribution in [1.82, 2.24) is 10.6 Å². The van der Waals surface area contributed by atoms with Crippen LogP contribution in [0.25, 0.3) is 0 Å². The van der Waals surface area contributed by atoms with Gasteiger partial charge in [0.2, 0.25) is 5.91 Å². The van der Waals surface area contributed by atoms with Crippen LogP contribution in [-0.4, -0.2) is 24.9 Å². The fraction of sp³-hybridized carbons (Fsp3) is 0.294. The fourth-order valence-electron chi connectivity index (χ4n) is 2.07. The van der Waals surface area contributed by atoms with Crippen molar-refractivity contribution in [2.24, 2.45) is 0 Å². The van der Waals surface area contributed by atoms with E-state index in [1.165, 1.54) is 6.07 Å². The van der Waals surface area contributed by atoms with Gasteiger partial charge in [-0.3, -0.25) is 9.59 Å². The quantitative estimate of drug-likeness (QED) is 0.695. The summed E-state index contributed by atoms with van der Waals surface area (Å²) in [5.41, 5.74) is 0.905. The number of halogens is 2. The Bertz CT molecular complexity index is 724. The van der Waals surface area contributed by atoms with Gasteiger partial charge in [0.15, 0.2) is 10.4 Å². The molecule has 128 valence electrons. The zero-order valence-corrected chi connectivity index (χ0v) is 16.5. The summed E-state index contributed by atoms with van der Waals surface area (Å²) in [6.07, 6.45) is 0. The first-order valence-corrected chi connectivity index (χ1v) is 8.93. The normalized spacial score (nSPS) is 11.2.